The van der Waals surface area contributed by atoms with Gasteiger partial charge in [0.05, 0.1) is 19.0 Å². The summed E-state index contributed by atoms with van der Waals surface area (Å²) >= 11 is 0. The highest BCUT2D eigenvalue weighted by Crippen LogP contribution is 2.21. The lowest BCUT2D eigenvalue weighted by Crippen LogP contribution is -3.14. The van der Waals surface area contributed by atoms with Crippen LogP contribution in [0.5, 0.6) is 0 Å². The normalized spacial score (nSPS) is 23.2. The molecule has 0 aromatic heterocycles. The molecule has 144 valence electrons. The molecule has 1 aliphatic heterocycles. The molecule has 0 radical (unpaired) electrons. The third-order valence-electron chi connectivity index (χ3n) is 6.24. The van der Waals surface area contributed by atoms with Crippen molar-refractivity contribution in [1.82, 2.24) is 0 Å². The van der Waals surface area contributed by atoms with Gasteiger partial charge in [-0.15, -0.1) is 0 Å². The molecule has 4 atom stereocenters. The van der Waals surface area contributed by atoms with Crippen molar-refractivity contribution in [2.45, 2.75) is 37.9 Å². The van der Waals surface area contributed by atoms with Gasteiger partial charge in [-0.2, -0.15) is 0 Å². The highest BCUT2D eigenvalue weighted by Gasteiger charge is 2.36. The molecular weight excluding hydrogens is 340 g/mol. The molecule has 1 heterocycles. The van der Waals surface area contributed by atoms with E-state index in [-0.39, 0.29) is 0 Å². The van der Waals surface area contributed by atoms with Gasteiger partial charge in [-0.3, -0.25) is 0 Å². The third-order valence-corrected chi connectivity index (χ3v) is 6.24. The van der Waals surface area contributed by atoms with Crippen molar-refractivity contribution in [1.29, 1.82) is 0 Å². The molecule has 0 aliphatic carbocycles. The summed E-state index contributed by atoms with van der Waals surface area (Å²) in [6.07, 6.45) is 1.26. The zero-order valence-electron chi connectivity index (χ0n) is 16.8. The Morgan fingerprint density at radius 2 is 1.46 bits per heavy atom. The standard InChI is InChI=1S/C26H30N2/c1-21(23-13-7-3-8-14-23)27-26-17-18-28(19-22-11-5-2-6-12-22)20-25(26)24-15-9-4-10-16-24/h2-16,21,25-27H,17-20H2,1H3/p+2/t21-,25-,26-/m1/s1. The van der Waals surface area contributed by atoms with Crippen molar-refractivity contribution in [2.24, 2.45) is 0 Å². The Morgan fingerprint density at radius 3 is 2.14 bits per heavy atom. The van der Waals surface area contributed by atoms with Crippen LogP contribution in [0.3, 0.4) is 0 Å². The van der Waals surface area contributed by atoms with E-state index < -0.39 is 0 Å². The largest absolute Gasteiger partial charge is 0.337 e. The zero-order chi connectivity index (χ0) is 19.2. The van der Waals surface area contributed by atoms with Crippen LogP contribution < -0.4 is 10.2 Å². The van der Waals surface area contributed by atoms with Gasteiger partial charge in [-0.05, 0) is 12.5 Å². The van der Waals surface area contributed by atoms with E-state index in [4.69, 9.17) is 0 Å². The summed E-state index contributed by atoms with van der Waals surface area (Å²) in [5.41, 5.74) is 4.37. The molecule has 0 amide bonds. The number of quaternary nitrogens is 2. The molecular formula is C26H32N2+2. The summed E-state index contributed by atoms with van der Waals surface area (Å²) in [4.78, 5) is 1.71. The fourth-order valence-corrected chi connectivity index (χ4v) is 4.72. The first-order valence-corrected chi connectivity index (χ1v) is 10.6. The van der Waals surface area contributed by atoms with E-state index in [9.17, 15) is 0 Å². The number of likely N-dealkylation sites (tertiary alicyclic amines) is 1. The second kappa shape index (κ2) is 9.18. The van der Waals surface area contributed by atoms with Crippen molar-refractivity contribution >= 4 is 0 Å². The number of nitrogens with one attached hydrogen (secondary N) is 1. The highest BCUT2D eigenvalue weighted by atomic mass is 15.2. The van der Waals surface area contributed by atoms with Crippen LogP contribution in [-0.4, -0.2) is 19.1 Å². The van der Waals surface area contributed by atoms with Gasteiger partial charge in [0.2, 0.25) is 0 Å². The molecule has 2 heteroatoms. The molecule has 28 heavy (non-hydrogen) atoms. The predicted octanol–water partition coefficient (Wildman–Crippen LogP) is 2.95. The molecule has 1 unspecified atom stereocenters. The summed E-state index contributed by atoms with van der Waals surface area (Å²) < 4.78 is 0. The average Bonchev–Trinajstić information content (AvgIpc) is 2.77. The lowest BCUT2D eigenvalue weighted by molar-refractivity contribution is -0.929. The van der Waals surface area contributed by atoms with Gasteiger partial charge in [0.25, 0.3) is 0 Å². The SMILES string of the molecule is C[C@@H]([NH2+][C@@H]1CC[NH+](Cc2ccccc2)C[C@@H]1c1ccccc1)c1ccccc1. The molecule has 0 bridgehead atoms. The lowest BCUT2D eigenvalue weighted by atomic mass is 9.85. The maximum atomic E-state index is 2.62. The van der Waals surface area contributed by atoms with Gasteiger partial charge in [0.15, 0.2) is 0 Å². The minimum absolute atomic E-state index is 0.494. The maximum absolute atomic E-state index is 2.62. The van der Waals surface area contributed by atoms with Crippen molar-refractivity contribution in [3.63, 3.8) is 0 Å². The molecule has 0 spiro atoms. The molecule has 1 saturated heterocycles. The van der Waals surface area contributed by atoms with Gasteiger partial charge >= 0.3 is 0 Å². The number of nitrogens with two attached hydrogens (primary N) is 1. The Morgan fingerprint density at radius 1 is 0.857 bits per heavy atom. The van der Waals surface area contributed by atoms with E-state index in [0.29, 0.717) is 18.0 Å². The second-order valence-electron chi connectivity index (χ2n) is 8.23. The third kappa shape index (κ3) is 4.70. The predicted molar refractivity (Wildman–Crippen MR) is 115 cm³/mol. The smallest absolute Gasteiger partial charge is 0.109 e. The van der Waals surface area contributed by atoms with E-state index in [1.165, 1.54) is 36.2 Å². The van der Waals surface area contributed by atoms with Crippen molar-refractivity contribution in [2.75, 3.05) is 13.1 Å². The summed E-state index contributed by atoms with van der Waals surface area (Å²) in [5.74, 6) is 0.597. The van der Waals surface area contributed by atoms with Gasteiger partial charge in [-0.1, -0.05) is 91.0 Å². The molecule has 1 aliphatic rings. The minimum Gasteiger partial charge on any atom is -0.337 e. The van der Waals surface area contributed by atoms with Crippen molar-refractivity contribution < 1.29 is 10.2 Å². The molecule has 3 aromatic rings. The Bertz CT molecular complexity index is 832. The van der Waals surface area contributed by atoms with Crippen LogP contribution in [0, 0.1) is 0 Å². The number of piperidine rings is 1. The van der Waals surface area contributed by atoms with Crippen LogP contribution in [0.2, 0.25) is 0 Å². The summed E-state index contributed by atoms with van der Waals surface area (Å²) in [6, 6.07) is 34.2. The topological polar surface area (TPSA) is 21.1 Å². The fraction of sp³-hybridized carbons (Fsp3) is 0.308. The molecule has 3 aromatic carbocycles. The van der Waals surface area contributed by atoms with Gasteiger partial charge < -0.3 is 10.2 Å². The van der Waals surface area contributed by atoms with E-state index in [1.54, 1.807) is 4.90 Å². The quantitative estimate of drug-likeness (QED) is 0.664. The van der Waals surface area contributed by atoms with E-state index in [1.807, 2.05) is 0 Å². The Balaban J connectivity index is 1.50. The Hall–Kier alpha value is -2.42. The summed E-state index contributed by atoms with van der Waals surface area (Å²) in [6.45, 7) is 5.94. The lowest BCUT2D eigenvalue weighted by Gasteiger charge is -2.36. The first-order valence-electron chi connectivity index (χ1n) is 10.6. The highest BCUT2D eigenvalue weighted by molar-refractivity contribution is 5.22. The first kappa shape index (κ1) is 18.9. The Kier molecular flexibility index (Phi) is 6.20. The van der Waals surface area contributed by atoms with Crippen LogP contribution in [-0.2, 0) is 6.54 Å². The molecule has 3 N–H and O–H groups in total. The summed E-state index contributed by atoms with van der Waals surface area (Å²) in [7, 11) is 0. The van der Waals surface area contributed by atoms with Crippen LogP contribution in [0.1, 0.15) is 42.0 Å². The van der Waals surface area contributed by atoms with E-state index >= 15 is 0 Å². The van der Waals surface area contributed by atoms with Crippen LogP contribution in [0.15, 0.2) is 91.0 Å². The minimum atomic E-state index is 0.494. The maximum Gasteiger partial charge on any atom is 0.109 e. The molecule has 4 rings (SSSR count). The molecule has 1 fully saturated rings. The second-order valence-corrected chi connectivity index (χ2v) is 8.23. The monoisotopic (exact) mass is 372 g/mol. The number of hydrogen-bond acceptors (Lipinski definition) is 0. The van der Waals surface area contributed by atoms with Crippen LogP contribution in [0.25, 0.3) is 0 Å². The van der Waals surface area contributed by atoms with Crippen LogP contribution in [0.4, 0.5) is 0 Å². The molecule has 2 nitrogen and oxygen atoms in total. The number of rotatable bonds is 6. The Labute approximate surface area is 169 Å². The zero-order valence-corrected chi connectivity index (χ0v) is 16.8. The number of hydrogen-bond donors (Lipinski definition) is 2. The first-order chi connectivity index (χ1) is 13.8. The van der Waals surface area contributed by atoms with E-state index in [0.717, 1.165) is 6.54 Å². The van der Waals surface area contributed by atoms with Gasteiger partial charge in [0.1, 0.15) is 18.6 Å². The van der Waals surface area contributed by atoms with Gasteiger partial charge in [0, 0.05) is 17.5 Å². The van der Waals surface area contributed by atoms with Crippen LogP contribution >= 0.6 is 0 Å². The van der Waals surface area contributed by atoms with Gasteiger partial charge in [-0.25, -0.2) is 0 Å². The fourth-order valence-electron chi connectivity index (χ4n) is 4.72. The number of benzene rings is 3. The van der Waals surface area contributed by atoms with Crippen molar-refractivity contribution in [3.8, 4) is 0 Å². The van der Waals surface area contributed by atoms with E-state index in [2.05, 4.69) is 103 Å². The summed E-state index contributed by atoms with van der Waals surface area (Å²) in [5, 5.41) is 2.62. The molecule has 0 saturated carbocycles. The average molecular weight is 373 g/mol. The van der Waals surface area contributed by atoms with Crippen molar-refractivity contribution in [3.05, 3.63) is 108 Å².